The van der Waals surface area contributed by atoms with Gasteiger partial charge in [-0.05, 0) is 37.4 Å². The number of rotatable bonds is 13. The van der Waals surface area contributed by atoms with E-state index in [1.54, 1.807) is 29.6 Å². The number of aromatic amines is 1. The number of anilines is 1. The highest BCUT2D eigenvalue weighted by Crippen LogP contribution is 2.33. The molecule has 0 saturated heterocycles. The number of carbonyl (C=O) groups excluding carboxylic acids is 1. The molecule has 36 heavy (non-hydrogen) atoms. The molecule has 0 aliphatic rings. The zero-order valence-corrected chi connectivity index (χ0v) is 23.2. The number of hydrogen-bond acceptors (Lipinski definition) is 10. The summed E-state index contributed by atoms with van der Waals surface area (Å²) in [6.07, 6.45) is 4.09. The smallest absolute Gasteiger partial charge is 0.293 e. The molecule has 11 nitrogen and oxygen atoms in total. The summed E-state index contributed by atoms with van der Waals surface area (Å²) in [4.78, 5) is 32.9. The van der Waals surface area contributed by atoms with E-state index >= 15 is 0 Å². The Bertz CT molecular complexity index is 1060. The highest BCUT2D eigenvalue weighted by atomic mass is 32.2. The van der Waals surface area contributed by atoms with Gasteiger partial charge in [-0.2, -0.15) is 4.98 Å². The van der Waals surface area contributed by atoms with Crippen LogP contribution in [0.1, 0.15) is 33.3 Å². The van der Waals surface area contributed by atoms with Crippen LogP contribution in [-0.4, -0.2) is 58.4 Å². The van der Waals surface area contributed by atoms with Crippen LogP contribution in [0.3, 0.4) is 0 Å². The predicted molar refractivity (Wildman–Crippen MR) is 146 cm³/mol. The lowest BCUT2D eigenvalue weighted by Gasteiger charge is -2.18. The van der Waals surface area contributed by atoms with Crippen molar-refractivity contribution in [2.24, 2.45) is 0 Å². The van der Waals surface area contributed by atoms with Crippen LogP contribution in [0.15, 0.2) is 40.3 Å². The second kappa shape index (κ2) is 18.7. The van der Waals surface area contributed by atoms with Crippen molar-refractivity contribution in [2.45, 2.75) is 45.7 Å². The number of aromatic nitrogens is 4. The van der Waals surface area contributed by atoms with E-state index in [9.17, 15) is 9.59 Å². The Morgan fingerprint density at radius 1 is 1.25 bits per heavy atom. The minimum atomic E-state index is -0.903. The fourth-order valence-corrected chi connectivity index (χ4v) is 4.31. The molecule has 0 amide bonds. The molecule has 3 rings (SSSR count). The van der Waals surface area contributed by atoms with Gasteiger partial charge in [-0.15, -0.1) is 11.8 Å². The Hall–Kier alpha value is -2.50. The quantitative estimate of drug-likeness (QED) is 0.127. The van der Waals surface area contributed by atoms with Crippen molar-refractivity contribution >= 4 is 43.6 Å². The fourth-order valence-electron chi connectivity index (χ4n) is 2.69. The summed E-state index contributed by atoms with van der Waals surface area (Å²) in [7, 11) is -0.903. The molecule has 200 valence electrons. The summed E-state index contributed by atoms with van der Waals surface area (Å²) in [6, 6.07) is 8.35. The van der Waals surface area contributed by atoms with Gasteiger partial charge in [0.15, 0.2) is 11.2 Å². The van der Waals surface area contributed by atoms with Crippen molar-refractivity contribution < 1.29 is 18.8 Å². The van der Waals surface area contributed by atoms with Crippen molar-refractivity contribution in [1.82, 2.24) is 24.6 Å². The Morgan fingerprint density at radius 3 is 2.56 bits per heavy atom. The molecule has 2 aromatic heterocycles. The summed E-state index contributed by atoms with van der Waals surface area (Å²) in [5.74, 6) is 0.0693. The van der Waals surface area contributed by atoms with Crippen LogP contribution >= 0.6 is 20.1 Å². The van der Waals surface area contributed by atoms with Crippen LogP contribution in [0.25, 0.3) is 11.2 Å². The maximum atomic E-state index is 11.8. The van der Waals surface area contributed by atoms with E-state index in [0.717, 1.165) is 12.1 Å². The first-order valence-electron chi connectivity index (χ1n) is 11.6. The summed E-state index contributed by atoms with van der Waals surface area (Å²) in [5.41, 5.74) is 7.12. The molecule has 0 radical (unpaired) electrons. The summed E-state index contributed by atoms with van der Waals surface area (Å²) >= 11 is 1.72. The summed E-state index contributed by atoms with van der Waals surface area (Å²) < 4.78 is 17.7. The van der Waals surface area contributed by atoms with Crippen molar-refractivity contribution in [1.29, 1.82) is 0 Å². The van der Waals surface area contributed by atoms with E-state index < -0.39 is 8.30 Å². The normalized spacial score (nSPS) is 11.1. The predicted octanol–water partition coefficient (Wildman–Crippen LogP) is 3.74. The number of H-pyrrole nitrogens is 1. The lowest BCUT2D eigenvalue weighted by Crippen LogP contribution is -2.15. The average molecular weight is 541 g/mol. The van der Waals surface area contributed by atoms with Crippen LogP contribution in [0.5, 0.6) is 0 Å². The summed E-state index contributed by atoms with van der Waals surface area (Å²) in [5, 5.41) is 3.33. The summed E-state index contributed by atoms with van der Waals surface area (Å²) in [6.45, 7) is 11.0. The first kappa shape index (κ1) is 31.5. The molecule has 4 N–H and O–H groups in total. The standard InChI is InChI=1S/C18H25N6O3PS.C3H6O2.C2H6/c1-3-21-28(27-10-13-4-6-14(29-2)7-5-13)12-26-9-8-24-11-20-15-16(24)22-18(19)23-17(15)25;1-2-5-3-4;1-2/h4-7,11,21H,3,8-10,12H2,1-2H3,(H3,19,22,23,25);3H,2H2,1H3;1-2H3. The van der Waals surface area contributed by atoms with Crippen molar-refractivity contribution in [3.05, 3.63) is 46.5 Å². The SMILES string of the molecule is CC.CCNP(COCCn1cnc2c(=O)[nH]c(N)nc21)OCc1ccc(SC)cc1.CCOC=O. The van der Waals surface area contributed by atoms with E-state index in [-0.39, 0.29) is 17.0 Å². The van der Waals surface area contributed by atoms with E-state index in [4.69, 9.17) is 15.0 Å². The topological polar surface area (TPSA) is 146 Å². The number of hydrogen-bond donors (Lipinski definition) is 3. The van der Waals surface area contributed by atoms with Gasteiger partial charge in [0.25, 0.3) is 12.0 Å². The third kappa shape index (κ3) is 11.0. The van der Waals surface area contributed by atoms with Gasteiger partial charge < -0.3 is 24.3 Å². The molecule has 0 fully saturated rings. The second-order valence-corrected chi connectivity index (χ2v) is 9.13. The maximum Gasteiger partial charge on any atom is 0.293 e. The number of nitrogens with one attached hydrogen (secondary N) is 2. The van der Waals surface area contributed by atoms with Crippen LogP contribution in [0.4, 0.5) is 5.95 Å². The average Bonchev–Trinajstić information content (AvgIpc) is 3.30. The number of ether oxygens (including phenoxy) is 2. The lowest BCUT2D eigenvalue weighted by molar-refractivity contribution is -0.128. The van der Waals surface area contributed by atoms with Gasteiger partial charge in [-0.3, -0.25) is 19.7 Å². The number of imidazole rings is 1. The molecule has 0 aliphatic heterocycles. The highest BCUT2D eigenvalue weighted by Gasteiger charge is 2.11. The van der Waals surface area contributed by atoms with Gasteiger partial charge in [0, 0.05) is 11.4 Å². The minimum Gasteiger partial charge on any atom is -0.468 e. The molecule has 3 aromatic rings. The Labute approximate surface area is 217 Å². The van der Waals surface area contributed by atoms with E-state index in [1.165, 1.54) is 4.90 Å². The number of benzene rings is 1. The van der Waals surface area contributed by atoms with Crippen LogP contribution < -0.4 is 16.4 Å². The second-order valence-electron chi connectivity index (χ2n) is 6.66. The molecule has 0 aliphatic carbocycles. The molecule has 1 unspecified atom stereocenters. The molecular formula is C23H37N6O5PS. The Morgan fingerprint density at radius 2 is 1.97 bits per heavy atom. The van der Waals surface area contributed by atoms with Gasteiger partial charge in [0.1, 0.15) is 14.6 Å². The molecule has 0 bridgehead atoms. The molecule has 1 aromatic carbocycles. The van der Waals surface area contributed by atoms with Crippen molar-refractivity contribution in [2.75, 3.05) is 38.1 Å². The van der Waals surface area contributed by atoms with Gasteiger partial charge in [-0.25, -0.2) is 4.98 Å². The molecule has 0 saturated carbocycles. The van der Waals surface area contributed by atoms with Crippen LogP contribution in [0, 0.1) is 0 Å². The van der Waals surface area contributed by atoms with E-state index in [0.29, 0.717) is 44.8 Å². The number of fused-ring (bicyclic) bond motifs is 1. The lowest BCUT2D eigenvalue weighted by atomic mass is 10.2. The Balaban J connectivity index is 0.000000826. The number of nitrogen functional groups attached to an aromatic ring is 1. The number of carbonyl (C=O) groups is 1. The monoisotopic (exact) mass is 540 g/mol. The molecule has 0 spiro atoms. The van der Waals surface area contributed by atoms with Crippen LogP contribution in [-0.2, 0) is 31.9 Å². The minimum absolute atomic E-state index is 0.0693. The van der Waals surface area contributed by atoms with Gasteiger partial charge in [0.2, 0.25) is 5.95 Å². The van der Waals surface area contributed by atoms with Crippen molar-refractivity contribution in [3.8, 4) is 0 Å². The van der Waals surface area contributed by atoms with Gasteiger partial charge in [0.05, 0.1) is 26.1 Å². The maximum absolute atomic E-state index is 11.8. The fraction of sp³-hybridized carbons (Fsp3) is 0.478. The van der Waals surface area contributed by atoms with E-state index in [1.807, 2.05) is 20.8 Å². The molecular weight excluding hydrogens is 503 g/mol. The number of nitrogens with two attached hydrogens (primary N) is 1. The zero-order chi connectivity index (χ0) is 26.8. The number of thioether (sulfide) groups is 1. The third-order valence-electron chi connectivity index (χ3n) is 4.29. The highest BCUT2D eigenvalue weighted by molar-refractivity contribution is 7.98. The third-order valence-corrected chi connectivity index (χ3v) is 6.56. The first-order valence-corrected chi connectivity index (χ1v) is 14.3. The van der Waals surface area contributed by atoms with Crippen molar-refractivity contribution in [3.63, 3.8) is 0 Å². The molecule has 13 heteroatoms. The number of nitrogens with zero attached hydrogens (tertiary/aromatic N) is 3. The van der Waals surface area contributed by atoms with E-state index in [2.05, 4.69) is 55.3 Å². The van der Waals surface area contributed by atoms with Gasteiger partial charge >= 0.3 is 0 Å². The molecule has 1 atom stereocenters. The zero-order valence-electron chi connectivity index (χ0n) is 21.5. The van der Waals surface area contributed by atoms with Gasteiger partial charge in [-0.1, -0.05) is 32.9 Å². The molecule has 2 heterocycles. The largest absolute Gasteiger partial charge is 0.468 e. The van der Waals surface area contributed by atoms with Crippen LogP contribution in [0.2, 0.25) is 0 Å². The first-order chi connectivity index (χ1) is 17.5. The Kier molecular flexibility index (Phi) is 16.4.